The molecule has 0 fully saturated rings. The van der Waals surface area contributed by atoms with E-state index in [-0.39, 0.29) is 0 Å². The highest BCUT2D eigenvalue weighted by Gasteiger charge is 2.12. The number of rotatable bonds is 4. The molecule has 112 valence electrons. The van der Waals surface area contributed by atoms with Crippen LogP contribution in [0.4, 0.5) is 0 Å². The molecule has 0 aliphatic heterocycles. The van der Waals surface area contributed by atoms with E-state index in [9.17, 15) is 0 Å². The number of aryl methyl sites for hydroxylation is 3. The average molecular weight is 294 g/mol. The molecule has 4 heteroatoms. The number of hydrogen-bond acceptors (Lipinski definition) is 4. The Morgan fingerprint density at radius 2 is 1.59 bits per heavy atom. The fourth-order valence-corrected chi connectivity index (χ4v) is 2.40. The highest BCUT2D eigenvalue weighted by atomic mass is 16.5. The van der Waals surface area contributed by atoms with E-state index in [4.69, 9.17) is 9.26 Å². The second-order valence-electron chi connectivity index (χ2n) is 5.34. The first-order valence-electron chi connectivity index (χ1n) is 7.23. The zero-order chi connectivity index (χ0) is 15.5. The molecular weight excluding hydrogens is 276 g/mol. The summed E-state index contributed by atoms with van der Waals surface area (Å²) in [7, 11) is 0. The first-order valence-corrected chi connectivity index (χ1v) is 7.23. The Morgan fingerprint density at radius 1 is 0.909 bits per heavy atom. The molecule has 0 N–H and O–H groups in total. The topological polar surface area (TPSA) is 48.2 Å². The van der Waals surface area contributed by atoms with Crippen LogP contribution in [0.25, 0.3) is 11.5 Å². The summed E-state index contributed by atoms with van der Waals surface area (Å²) in [6.07, 6.45) is 0. The molecule has 1 heterocycles. The van der Waals surface area contributed by atoms with Gasteiger partial charge in [-0.05, 0) is 43.5 Å². The summed E-state index contributed by atoms with van der Waals surface area (Å²) >= 11 is 0. The minimum atomic E-state index is 0.293. The predicted octanol–water partition coefficient (Wildman–Crippen LogP) is 4.24. The van der Waals surface area contributed by atoms with Crippen LogP contribution >= 0.6 is 0 Å². The van der Waals surface area contributed by atoms with Crippen molar-refractivity contribution in [1.29, 1.82) is 0 Å². The lowest BCUT2D eigenvalue weighted by molar-refractivity contribution is 0.283. The van der Waals surface area contributed by atoms with Gasteiger partial charge in [-0.25, -0.2) is 0 Å². The molecular formula is C18H18N2O2. The zero-order valence-electron chi connectivity index (χ0n) is 13.0. The molecule has 4 nitrogen and oxygen atoms in total. The van der Waals surface area contributed by atoms with Gasteiger partial charge in [-0.1, -0.05) is 41.6 Å². The molecule has 0 spiro atoms. The minimum Gasteiger partial charge on any atom is -0.485 e. The van der Waals surface area contributed by atoms with Crippen LogP contribution in [0.1, 0.15) is 22.5 Å². The summed E-state index contributed by atoms with van der Waals surface area (Å²) < 4.78 is 11.2. The molecule has 0 aliphatic rings. The standard InChI is InChI=1S/C18H18N2O2/c1-12-7-4-5-10-15(12)18-19-16(20-22-18)11-21-17-13(2)8-6-9-14(17)3/h4-10H,11H2,1-3H3. The van der Waals surface area contributed by atoms with Gasteiger partial charge in [-0.3, -0.25) is 0 Å². The number of aromatic nitrogens is 2. The molecule has 3 aromatic rings. The number of benzene rings is 2. The number of hydrogen-bond donors (Lipinski definition) is 0. The van der Waals surface area contributed by atoms with Crippen LogP contribution in [0.15, 0.2) is 47.0 Å². The number of nitrogens with zero attached hydrogens (tertiary/aromatic N) is 2. The SMILES string of the molecule is Cc1ccccc1-c1nc(COc2c(C)cccc2C)no1. The van der Waals surface area contributed by atoms with E-state index in [1.165, 1.54) is 0 Å². The third-order valence-electron chi connectivity index (χ3n) is 3.60. The smallest absolute Gasteiger partial charge is 0.258 e. The van der Waals surface area contributed by atoms with Crippen molar-refractivity contribution < 1.29 is 9.26 Å². The molecule has 22 heavy (non-hydrogen) atoms. The average Bonchev–Trinajstić information content (AvgIpc) is 2.96. The van der Waals surface area contributed by atoms with Gasteiger partial charge in [0.2, 0.25) is 5.82 Å². The van der Waals surface area contributed by atoms with Crippen molar-refractivity contribution in [2.75, 3.05) is 0 Å². The first kappa shape index (κ1) is 14.3. The Labute approximate surface area is 129 Å². The zero-order valence-corrected chi connectivity index (χ0v) is 13.0. The molecule has 0 atom stereocenters. The van der Waals surface area contributed by atoms with Crippen LogP contribution in [0.2, 0.25) is 0 Å². The Hall–Kier alpha value is -2.62. The highest BCUT2D eigenvalue weighted by molar-refractivity contribution is 5.57. The molecule has 0 amide bonds. The maximum Gasteiger partial charge on any atom is 0.258 e. The van der Waals surface area contributed by atoms with Crippen molar-refractivity contribution in [2.24, 2.45) is 0 Å². The summed E-state index contributed by atoms with van der Waals surface area (Å²) in [5.74, 6) is 1.95. The van der Waals surface area contributed by atoms with E-state index in [1.807, 2.05) is 63.2 Å². The quantitative estimate of drug-likeness (QED) is 0.722. The van der Waals surface area contributed by atoms with Gasteiger partial charge in [0.1, 0.15) is 5.75 Å². The van der Waals surface area contributed by atoms with Gasteiger partial charge in [0.15, 0.2) is 6.61 Å². The van der Waals surface area contributed by atoms with Crippen LogP contribution in [-0.2, 0) is 6.61 Å². The minimum absolute atomic E-state index is 0.293. The second kappa shape index (κ2) is 6.02. The van der Waals surface area contributed by atoms with Crippen LogP contribution < -0.4 is 4.74 Å². The van der Waals surface area contributed by atoms with E-state index in [0.717, 1.165) is 28.0 Å². The lowest BCUT2D eigenvalue weighted by atomic mass is 10.1. The van der Waals surface area contributed by atoms with E-state index in [0.29, 0.717) is 18.3 Å². The lowest BCUT2D eigenvalue weighted by Crippen LogP contribution is -2.00. The van der Waals surface area contributed by atoms with E-state index >= 15 is 0 Å². The van der Waals surface area contributed by atoms with Gasteiger partial charge in [-0.2, -0.15) is 4.98 Å². The van der Waals surface area contributed by atoms with Gasteiger partial charge >= 0.3 is 0 Å². The van der Waals surface area contributed by atoms with Crippen molar-refractivity contribution in [3.05, 3.63) is 65.0 Å². The summed E-state index contributed by atoms with van der Waals surface area (Å²) in [5.41, 5.74) is 4.26. The summed E-state index contributed by atoms with van der Waals surface area (Å²) in [5, 5.41) is 4.00. The molecule has 0 saturated carbocycles. The predicted molar refractivity (Wildman–Crippen MR) is 84.7 cm³/mol. The van der Waals surface area contributed by atoms with Crippen molar-refractivity contribution >= 4 is 0 Å². The molecule has 2 aromatic carbocycles. The van der Waals surface area contributed by atoms with Crippen molar-refractivity contribution in [3.8, 4) is 17.2 Å². The van der Waals surface area contributed by atoms with Gasteiger partial charge < -0.3 is 9.26 Å². The highest BCUT2D eigenvalue weighted by Crippen LogP contribution is 2.24. The molecule has 0 bridgehead atoms. The fourth-order valence-electron chi connectivity index (χ4n) is 2.40. The molecule has 0 aliphatic carbocycles. The van der Waals surface area contributed by atoms with Crippen molar-refractivity contribution in [3.63, 3.8) is 0 Å². The van der Waals surface area contributed by atoms with Crippen molar-refractivity contribution in [1.82, 2.24) is 10.1 Å². The molecule has 0 radical (unpaired) electrons. The third kappa shape index (κ3) is 2.86. The maximum atomic E-state index is 5.85. The normalized spacial score (nSPS) is 10.7. The monoisotopic (exact) mass is 294 g/mol. The first-order chi connectivity index (χ1) is 10.6. The number of ether oxygens (including phenoxy) is 1. The van der Waals surface area contributed by atoms with E-state index < -0.39 is 0 Å². The maximum absolute atomic E-state index is 5.85. The van der Waals surface area contributed by atoms with Crippen molar-refractivity contribution in [2.45, 2.75) is 27.4 Å². The number of para-hydroxylation sites is 1. The summed E-state index contributed by atoms with van der Waals surface area (Å²) in [4.78, 5) is 4.41. The van der Waals surface area contributed by atoms with E-state index in [2.05, 4.69) is 10.1 Å². The summed E-state index contributed by atoms with van der Waals surface area (Å²) in [6, 6.07) is 14.0. The summed E-state index contributed by atoms with van der Waals surface area (Å²) in [6.45, 7) is 6.36. The Balaban J connectivity index is 1.77. The largest absolute Gasteiger partial charge is 0.485 e. The second-order valence-corrected chi connectivity index (χ2v) is 5.34. The lowest BCUT2D eigenvalue weighted by Gasteiger charge is -2.09. The fraction of sp³-hybridized carbons (Fsp3) is 0.222. The Morgan fingerprint density at radius 3 is 2.32 bits per heavy atom. The van der Waals surface area contributed by atoms with Crippen LogP contribution in [-0.4, -0.2) is 10.1 Å². The Bertz CT molecular complexity index is 773. The molecule has 0 saturated heterocycles. The van der Waals surface area contributed by atoms with Crippen LogP contribution in [0.3, 0.4) is 0 Å². The molecule has 1 aromatic heterocycles. The Kier molecular flexibility index (Phi) is 3.92. The van der Waals surface area contributed by atoms with Gasteiger partial charge in [0.25, 0.3) is 5.89 Å². The van der Waals surface area contributed by atoms with E-state index in [1.54, 1.807) is 0 Å². The third-order valence-corrected chi connectivity index (χ3v) is 3.60. The van der Waals surface area contributed by atoms with Gasteiger partial charge in [0.05, 0.1) is 0 Å². The molecule has 0 unspecified atom stereocenters. The van der Waals surface area contributed by atoms with Crippen LogP contribution in [0, 0.1) is 20.8 Å². The van der Waals surface area contributed by atoms with Gasteiger partial charge in [-0.15, -0.1) is 0 Å². The molecule has 3 rings (SSSR count). The van der Waals surface area contributed by atoms with Crippen LogP contribution in [0.5, 0.6) is 5.75 Å². The van der Waals surface area contributed by atoms with Gasteiger partial charge in [0, 0.05) is 5.56 Å².